The van der Waals surface area contributed by atoms with Crippen molar-refractivity contribution in [3.05, 3.63) is 0 Å². The number of amides is 2. The fraction of sp³-hybridized carbons (Fsp3) is 0.941. The summed E-state index contributed by atoms with van der Waals surface area (Å²) in [5, 5.41) is 6.00. The van der Waals surface area contributed by atoms with Crippen LogP contribution in [0.3, 0.4) is 0 Å². The second-order valence-corrected chi connectivity index (χ2v) is 9.04. The lowest BCUT2D eigenvalue weighted by atomic mass is 9.49. The molecule has 5 fully saturated rings. The fourth-order valence-corrected chi connectivity index (χ4v) is 6.45. The quantitative estimate of drug-likeness (QED) is 0.771. The van der Waals surface area contributed by atoms with E-state index in [1.165, 1.54) is 32.1 Å². The summed E-state index contributed by atoms with van der Waals surface area (Å²) in [6.07, 6.45) is 7.21. The maximum atomic E-state index is 12.1. The van der Waals surface area contributed by atoms with Crippen LogP contribution >= 0.6 is 11.6 Å². The summed E-state index contributed by atoms with van der Waals surface area (Å²) in [7, 11) is 0. The Bertz CT molecular complexity index is 453. The topological polar surface area (TPSA) is 59.6 Å². The van der Waals surface area contributed by atoms with Crippen molar-refractivity contribution in [2.24, 2.45) is 17.3 Å². The van der Waals surface area contributed by atoms with Gasteiger partial charge in [-0.25, -0.2) is 4.79 Å². The SMILES string of the molecule is O=C(NC[C@@H]1COCCO1)NCC12C[C@H]3C[C@@H](CC(Cl)(C3)C1)C2. The van der Waals surface area contributed by atoms with Gasteiger partial charge in [-0.3, -0.25) is 0 Å². The fourth-order valence-electron chi connectivity index (χ4n) is 5.73. The minimum atomic E-state index is -0.0986. The van der Waals surface area contributed by atoms with Gasteiger partial charge < -0.3 is 20.1 Å². The molecule has 5 rings (SSSR count). The summed E-state index contributed by atoms with van der Waals surface area (Å²) in [5.41, 5.74) is 0.230. The van der Waals surface area contributed by atoms with Gasteiger partial charge in [0.05, 0.1) is 25.9 Å². The summed E-state index contributed by atoms with van der Waals surface area (Å²) in [6, 6.07) is -0.0986. The molecule has 0 aromatic heterocycles. The molecule has 1 aliphatic heterocycles. The summed E-state index contributed by atoms with van der Waals surface area (Å²) >= 11 is 6.84. The van der Waals surface area contributed by atoms with Crippen molar-refractivity contribution >= 4 is 17.6 Å². The lowest BCUT2D eigenvalue weighted by Gasteiger charge is -2.60. The Morgan fingerprint density at radius 1 is 1.13 bits per heavy atom. The molecule has 0 aromatic carbocycles. The Morgan fingerprint density at radius 2 is 1.91 bits per heavy atom. The molecule has 4 aliphatic carbocycles. The highest BCUT2D eigenvalue weighted by molar-refractivity contribution is 6.24. The highest BCUT2D eigenvalue weighted by atomic mass is 35.5. The number of alkyl halides is 1. The van der Waals surface area contributed by atoms with Crippen LogP contribution in [0, 0.1) is 17.3 Å². The molecule has 5 aliphatic rings. The van der Waals surface area contributed by atoms with Crippen molar-refractivity contribution in [1.29, 1.82) is 0 Å². The molecule has 0 spiro atoms. The van der Waals surface area contributed by atoms with E-state index in [2.05, 4.69) is 10.6 Å². The molecule has 3 atom stereocenters. The van der Waals surface area contributed by atoms with Crippen LogP contribution in [0.2, 0.25) is 0 Å². The van der Waals surface area contributed by atoms with Crippen LogP contribution in [0.15, 0.2) is 0 Å². The van der Waals surface area contributed by atoms with Crippen LogP contribution in [0.5, 0.6) is 0 Å². The molecule has 130 valence electrons. The van der Waals surface area contributed by atoms with E-state index in [4.69, 9.17) is 21.1 Å². The first-order valence-electron chi connectivity index (χ1n) is 8.94. The monoisotopic (exact) mass is 342 g/mol. The molecule has 2 N–H and O–H groups in total. The van der Waals surface area contributed by atoms with Crippen LogP contribution in [0.4, 0.5) is 4.79 Å². The number of rotatable bonds is 4. The number of ether oxygens (including phenoxy) is 2. The molecule has 0 aromatic rings. The van der Waals surface area contributed by atoms with E-state index >= 15 is 0 Å². The third-order valence-corrected chi connectivity index (χ3v) is 6.55. The summed E-state index contributed by atoms with van der Waals surface area (Å²) in [5.74, 6) is 1.54. The van der Waals surface area contributed by atoms with Gasteiger partial charge in [0.1, 0.15) is 0 Å². The average molecular weight is 343 g/mol. The number of halogens is 1. The highest BCUT2D eigenvalue weighted by Crippen LogP contribution is 2.63. The maximum absolute atomic E-state index is 12.1. The van der Waals surface area contributed by atoms with E-state index in [0.717, 1.165) is 24.8 Å². The lowest BCUT2D eigenvalue weighted by Crippen LogP contribution is -2.57. The molecule has 1 saturated heterocycles. The van der Waals surface area contributed by atoms with Crippen LogP contribution in [0.1, 0.15) is 38.5 Å². The van der Waals surface area contributed by atoms with Crippen molar-refractivity contribution in [3.63, 3.8) is 0 Å². The zero-order chi connectivity index (χ0) is 15.9. The molecule has 4 saturated carbocycles. The van der Waals surface area contributed by atoms with Gasteiger partial charge in [0.15, 0.2) is 0 Å². The average Bonchev–Trinajstić information content (AvgIpc) is 2.50. The van der Waals surface area contributed by atoms with E-state index < -0.39 is 0 Å². The van der Waals surface area contributed by atoms with Crippen molar-refractivity contribution < 1.29 is 14.3 Å². The smallest absolute Gasteiger partial charge is 0.314 e. The van der Waals surface area contributed by atoms with E-state index in [-0.39, 0.29) is 22.4 Å². The molecule has 0 unspecified atom stereocenters. The third kappa shape index (κ3) is 3.47. The van der Waals surface area contributed by atoms with Crippen molar-refractivity contribution in [2.45, 2.75) is 49.5 Å². The second kappa shape index (κ2) is 6.08. The number of nitrogens with one attached hydrogen (secondary N) is 2. The van der Waals surface area contributed by atoms with Crippen LogP contribution < -0.4 is 10.6 Å². The van der Waals surface area contributed by atoms with Gasteiger partial charge in [-0.2, -0.15) is 0 Å². The molecular weight excluding hydrogens is 316 g/mol. The van der Waals surface area contributed by atoms with E-state index in [9.17, 15) is 4.79 Å². The van der Waals surface area contributed by atoms with E-state index in [1.807, 2.05) is 0 Å². The Labute approximate surface area is 142 Å². The molecule has 2 amide bonds. The van der Waals surface area contributed by atoms with E-state index in [1.54, 1.807) is 0 Å². The zero-order valence-corrected chi connectivity index (χ0v) is 14.4. The van der Waals surface area contributed by atoms with Crippen molar-refractivity contribution in [3.8, 4) is 0 Å². The van der Waals surface area contributed by atoms with Gasteiger partial charge in [0.2, 0.25) is 0 Å². The third-order valence-electron chi connectivity index (χ3n) is 6.11. The minimum Gasteiger partial charge on any atom is -0.376 e. The summed E-state index contributed by atoms with van der Waals surface area (Å²) in [4.78, 5) is 12.1. The van der Waals surface area contributed by atoms with Gasteiger partial charge in [-0.05, 0) is 55.8 Å². The second-order valence-electron chi connectivity index (χ2n) is 8.24. The highest BCUT2D eigenvalue weighted by Gasteiger charge is 2.56. The number of hydrogen-bond donors (Lipinski definition) is 2. The standard InChI is InChI=1S/C17H27ClN2O3/c18-17-6-12-3-13(7-17)5-16(4-12,10-17)11-20-15(21)19-8-14-9-22-1-2-23-14/h12-14H,1-11H2,(H2,19,20,21)/t12-,13-,14-,16?,17?/m1/s1. The Kier molecular flexibility index (Phi) is 4.23. The van der Waals surface area contributed by atoms with Gasteiger partial charge in [-0.15, -0.1) is 11.6 Å². The number of carbonyl (C=O) groups excluding carboxylic acids is 1. The molecule has 1 heterocycles. The van der Waals surface area contributed by atoms with Gasteiger partial charge >= 0.3 is 6.03 Å². The Balaban J connectivity index is 1.26. The van der Waals surface area contributed by atoms with Crippen LogP contribution in [-0.2, 0) is 9.47 Å². The van der Waals surface area contributed by atoms with Crippen molar-refractivity contribution in [2.75, 3.05) is 32.9 Å². The number of urea groups is 1. The first-order chi connectivity index (χ1) is 11.0. The van der Waals surface area contributed by atoms with Crippen LogP contribution in [0.25, 0.3) is 0 Å². The van der Waals surface area contributed by atoms with Gasteiger partial charge in [0, 0.05) is 18.0 Å². The summed E-state index contributed by atoms with van der Waals surface area (Å²) < 4.78 is 10.9. The zero-order valence-electron chi connectivity index (χ0n) is 13.6. The number of carbonyl (C=O) groups is 1. The Morgan fingerprint density at radius 3 is 2.57 bits per heavy atom. The van der Waals surface area contributed by atoms with Crippen molar-refractivity contribution in [1.82, 2.24) is 10.6 Å². The Hall–Kier alpha value is -0.520. The molecule has 4 bridgehead atoms. The first kappa shape index (κ1) is 16.0. The normalized spacial score (nSPS) is 45.0. The minimum absolute atomic E-state index is 0.00944. The van der Waals surface area contributed by atoms with Gasteiger partial charge in [-0.1, -0.05) is 0 Å². The predicted octanol–water partition coefficient (Wildman–Crippen LogP) is 2.28. The number of hydrogen-bond acceptors (Lipinski definition) is 3. The van der Waals surface area contributed by atoms with Crippen LogP contribution in [-0.4, -0.2) is 49.9 Å². The molecular formula is C17H27ClN2O3. The largest absolute Gasteiger partial charge is 0.376 e. The maximum Gasteiger partial charge on any atom is 0.314 e. The molecule has 0 radical (unpaired) electrons. The summed E-state index contributed by atoms with van der Waals surface area (Å²) in [6.45, 7) is 3.07. The first-order valence-corrected chi connectivity index (χ1v) is 9.32. The van der Waals surface area contributed by atoms with E-state index in [0.29, 0.717) is 26.4 Å². The molecule has 23 heavy (non-hydrogen) atoms. The predicted molar refractivity (Wildman–Crippen MR) is 87.7 cm³/mol. The molecule has 5 nitrogen and oxygen atoms in total. The van der Waals surface area contributed by atoms with Gasteiger partial charge in [0.25, 0.3) is 0 Å². The lowest BCUT2D eigenvalue weighted by molar-refractivity contribution is -0.0854. The molecule has 6 heteroatoms.